The van der Waals surface area contributed by atoms with E-state index in [1.165, 1.54) is 42.1 Å². The number of thiophene rings is 1. The molecule has 6 heteroatoms. The Morgan fingerprint density at radius 1 is 1.22 bits per heavy atom. The van der Waals surface area contributed by atoms with Gasteiger partial charge in [0.15, 0.2) is 5.96 Å². The zero-order valence-corrected chi connectivity index (χ0v) is 17.7. The molecule has 1 aromatic rings. The molecule has 0 amide bonds. The summed E-state index contributed by atoms with van der Waals surface area (Å²) in [5.41, 5.74) is 0. The molecule has 1 saturated heterocycles. The molecular formula is C17H31IN4S. The second-order valence-electron chi connectivity index (χ2n) is 5.83. The van der Waals surface area contributed by atoms with E-state index in [9.17, 15) is 0 Å². The second kappa shape index (κ2) is 11.3. The van der Waals surface area contributed by atoms with Gasteiger partial charge in [0.05, 0.1) is 6.54 Å². The van der Waals surface area contributed by atoms with Crippen LogP contribution in [0.15, 0.2) is 17.1 Å². The van der Waals surface area contributed by atoms with Crippen LogP contribution in [0, 0.1) is 0 Å². The van der Waals surface area contributed by atoms with Crippen molar-refractivity contribution in [2.24, 2.45) is 4.99 Å². The molecule has 23 heavy (non-hydrogen) atoms. The Balaban J connectivity index is 0.00000264. The first kappa shape index (κ1) is 20.7. The van der Waals surface area contributed by atoms with Crippen LogP contribution >= 0.6 is 35.3 Å². The van der Waals surface area contributed by atoms with Crippen molar-refractivity contribution in [3.05, 3.63) is 21.9 Å². The number of halogens is 1. The summed E-state index contributed by atoms with van der Waals surface area (Å²) in [6.45, 7) is 8.81. The van der Waals surface area contributed by atoms with E-state index in [1.54, 1.807) is 0 Å². The molecular weight excluding hydrogens is 419 g/mol. The van der Waals surface area contributed by atoms with E-state index in [0.29, 0.717) is 6.04 Å². The van der Waals surface area contributed by atoms with Crippen molar-refractivity contribution >= 4 is 41.3 Å². The van der Waals surface area contributed by atoms with Gasteiger partial charge in [-0.2, -0.15) is 0 Å². The highest BCUT2D eigenvalue weighted by Crippen LogP contribution is 2.16. The maximum atomic E-state index is 4.34. The Bertz CT molecular complexity index is 469. The van der Waals surface area contributed by atoms with Crippen molar-refractivity contribution in [2.45, 2.75) is 52.1 Å². The molecule has 2 rings (SSSR count). The SMILES string of the molecule is CCc1ccc(CNC(=NC)NCC(CC)N2CCCC2)s1.I. The molecule has 0 radical (unpaired) electrons. The average Bonchev–Trinajstić information content (AvgIpc) is 3.22. The van der Waals surface area contributed by atoms with Crippen LogP contribution in [0.3, 0.4) is 0 Å². The number of aryl methyl sites for hydroxylation is 1. The Kier molecular flexibility index (Phi) is 10.1. The van der Waals surface area contributed by atoms with Crippen LogP contribution in [-0.2, 0) is 13.0 Å². The summed E-state index contributed by atoms with van der Waals surface area (Å²) in [7, 11) is 1.85. The maximum Gasteiger partial charge on any atom is 0.191 e. The first-order valence-electron chi connectivity index (χ1n) is 8.53. The number of aliphatic imine (C=N–C) groups is 1. The summed E-state index contributed by atoms with van der Waals surface area (Å²) in [5.74, 6) is 0.907. The van der Waals surface area contributed by atoms with Gasteiger partial charge in [-0.3, -0.25) is 9.89 Å². The van der Waals surface area contributed by atoms with Crippen LogP contribution in [0.4, 0.5) is 0 Å². The van der Waals surface area contributed by atoms with Crippen molar-refractivity contribution in [2.75, 3.05) is 26.7 Å². The molecule has 0 aliphatic carbocycles. The van der Waals surface area contributed by atoms with E-state index in [1.807, 2.05) is 18.4 Å². The fourth-order valence-corrected chi connectivity index (χ4v) is 3.85. The number of likely N-dealkylation sites (tertiary alicyclic amines) is 1. The van der Waals surface area contributed by atoms with Crippen LogP contribution in [0.25, 0.3) is 0 Å². The number of nitrogens with one attached hydrogen (secondary N) is 2. The monoisotopic (exact) mass is 450 g/mol. The van der Waals surface area contributed by atoms with Crippen molar-refractivity contribution in [1.29, 1.82) is 0 Å². The number of hydrogen-bond donors (Lipinski definition) is 2. The third-order valence-corrected chi connectivity index (χ3v) is 5.58. The molecule has 1 aliphatic heterocycles. The van der Waals surface area contributed by atoms with E-state index in [4.69, 9.17) is 0 Å². The Morgan fingerprint density at radius 2 is 1.91 bits per heavy atom. The minimum absolute atomic E-state index is 0. The third-order valence-electron chi connectivity index (χ3n) is 4.35. The summed E-state index contributed by atoms with van der Waals surface area (Å²) < 4.78 is 0. The van der Waals surface area contributed by atoms with E-state index >= 15 is 0 Å². The number of guanidine groups is 1. The molecule has 0 aromatic carbocycles. The minimum atomic E-state index is 0. The molecule has 4 nitrogen and oxygen atoms in total. The van der Waals surface area contributed by atoms with Gasteiger partial charge in [-0.05, 0) is 50.9 Å². The first-order valence-corrected chi connectivity index (χ1v) is 9.34. The molecule has 0 bridgehead atoms. The lowest BCUT2D eigenvalue weighted by molar-refractivity contribution is 0.236. The lowest BCUT2D eigenvalue weighted by Crippen LogP contribution is -2.46. The number of nitrogens with zero attached hydrogens (tertiary/aromatic N) is 2. The molecule has 1 atom stereocenters. The molecule has 1 fully saturated rings. The highest BCUT2D eigenvalue weighted by Gasteiger charge is 2.20. The predicted octanol–water partition coefficient (Wildman–Crippen LogP) is 3.47. The minimum Gasteiger partial charge on any atom is -0.355 e. The normalized spacial score (nSPS) is 16.9. The fraction of sp³-hybridized carbons (Fsp3) is 0.706. The van der Waals surface area contributed by atoms with Crippen molar-refractivity contribution < 1.29 is 0 Å². The van der Waals surface area contributed by atoms with E-state index < -0.39 is 0 Å². The van der Waals surface area contributed by atoms with Crippen LogP contribution in [0.1, 0.15) is 42.9 Å². The van der Waals surface area contributed by atoms with Gasteiger partial charge in [-0.25, -0.2) is 0 Å². The third kappa shape index (κ3) is 6.58. The number of rotatable bonds is 7. The summed E-state index contributed by atoms with van der Waals surface area (Å²) in [4.78, 5) is 9.76. The van der Waals surface area contributed by atoms with Gasteiger partial charge in [0.1, 0.15) is 0 Å². The van der Waals surface area contributed by atoms with Gasteiger partial charge >= 0.3 is 0 Å². The molecule has 1 unspecified atom stereocenters. The van der Waals surface area contributed by atoms with Gasteiger partial charge in [-0.15, -0.1) is 35.3 Å². The second-order valence-corrected chi connectivity index (χ2v) is 7.09. The lowest BCUT2D eigenvalue weighted by atomic mass is 10.2. The van der Waals surface area contributed by atoms with Crippen LogP contribution in [0.2, 0.25) is 0 Å². The zero-order chi connectivity index (χ0) is 15.8. The summed E-state index contributed by atoms with van der Waals surface area (Å²) in [6.07, 6.45) is 5.00. The Labute approximate surface area is 162 Å². The summed E-state index contributed by atoms with van der Waals surface area (Å²) in [5, 5.41) is 6.91. The van der Waals surface area contributed by atoms with E-state index in [2.05, 4.69) is 46.5 Å². The fourth-order valence-electron chi connectivity index (χ4n) is 2.95. The van der Waals surface area contributed by atoms with Gasteiger partial charge in [0.25, 0.3) is 0 Å². The maximum absolute atomic E-state index is 4.34. The van der Waals surface area contributed by atoms with Crippen LogP contribution in [0.5, 0.6) is 0 Å². The molecule has 1 aromatic heterocycles. The smallest absolute Gasteiger partial charge is 0.191 e. The molecule has 0 saturated carbocycles. The standard InChI is InChI=1S/C17H30N4S.HI/c1-4-14(21-10-6-7-11-21)12-19-17(18-3)20-13-16-9-8-15(5-2)22-16;/h8-9,14H,4-7,10-13H2,1-3H3,(H2,18,19,20);1H. The van der Waals surface area contributed by atoms with Gasteiger partial charge in [-0.1, -0.05) is 13.8 Å². The van der Waals surface area contributed by atoms with E-state index in [-0.39, 0.29) is 24.0 Å². The van der Waals surface area contributed by atoms with Crippen LogP contribution < -0.4 is 10.6 Å². The average molecular weight is 450 g/mol. The Hall–Kier alpha value is -0.340. The number of hydrogen-bond acceptors (Lipinski definition) is 3. The highest BCUT2D eigenvalue weighted by atomic mass is 127. The van der Waals surface area contributed by atoms with Crippen LogP contribution in [-0.4, -0.2) is 43.6 Å². The molecule has 1 aliphatic rings. The largest absolute Gasteiger partial charge is 0.355 e. The lowest BCUT2D eigenvalue weighted by Gasteiger charge is -2.27. The van der Waals surface area contributed by atoms with Crippen molar-refractivity contribution in [3.63, 3.8) is 0 Å². The zero-order valence-electron chi connectivity index (χ0n) is 14.6. The summed E-state index contributed by atoms with van der Waals surface area (Å²) in [6, 6.07) is 5.05. The summed E-state index contributed by atoms with van der Waals surface area (Å²) >= 11 is 1.88. The molecule has 2 N–H and O–H groups in total. The Morgan fingerprint density at radius 3 is 2.48 bits per heavy atom. The highest BCUT2D eigenvalue weighted by molar-refractivity contribution is 14.0. The molecule has 0 spiro atoms. The van der Waals surface area contributed by atoms with Gasteiger partial charge in [0.2, 0.25) is 0 Å². The molecule has 132 valence electrons. The molecule has 2 heterocycles. The van der Waals surface area contributed by atoms with Gasteiger partial charge in [0, 0.05) is 29.4 Å². The van der Waals surface area contributed by atoms with Crippen molar-refractivity contribution in [3.8, 4) is 0 Å². The van der Waals surface area contributed by atoms with E-state index in [0.717, 1.165) is 25.5 Å². The topological polar surface area (TPSA) is 39.7 Å². The first-order chi connectivity index (χ1) is 10.8. The quantitative estimate of drug-likeness (QED) is 0.380. The van der Waals surface area contributed by atoms with Crippen molar-refractivity contribution in [1.82, 2.24) is 15.5 Å². The predicted molar refractivity (Wildman–Crippen MR) is 112 cm³/mol. The van der Waals surface area contributed by atoms with Gasteiger partial charge < -0.3 is 10.6 Å².